The van der Waals surface area contributed by atoms with E-state index in [4.69, 9.17) is 14.0 Å². The van der Waals surface area contributed by atoms with Crippen LogP contribution < -0.4 is 21.7 Å². The monoisotopic (exact) mass is 578 g/mol. The standard InChI is InChI=1S/C21H31N4O11PS/c1-10(2)35-18(30)11(3)24-37(33,38-9-12-7-15(27)22-17(12)29)34-8-13-16(28)21(4,32)19(36-13)25-6-5-14(26)23-20(25)31/h5-6,10-13,16,19,28,32H,7-9H2,1-4H3,(H,24,33)(H,22,27,29)(H,23,26,31)/t11-,12?,13-,16-,19?,21-,37-/m1/s1. The Hall–Kier alpha value is -2.33. The van der Waals surface area contributed by atoms with Crippen molar-refractivity contribution in [1.82, 2.24) is 20.0 Å². The molecule has 212 valence electrons. The summed E-state index contributed by atoms with van der Waals surface area (Å²) in [7, 11) is 0. The normalized spacial score (nSPS) is 29.8. The molecule has 3 heterocycles. The van der Waals surface area contributed by atoms with Gasteiger partial charge in [-0.25, -0.2) is 9.88 Å². The van der Waals surface area contributed by atoms with Crippen molar-refractivity contribution < 1.29 is 43.2 Å². The van der Waals surface area contributed by atoms with E-state index in [0.29, 0.717) is 11.4 Å². The van der Waals surface area contributed by atoms with Crippen LogP contribution in [-0.4, -0.2) is 79.9 Å². The van der Waals surface area contributed by atoms with E-state index >= 15 is 0 Å². The number of imide groups is 1. The zero-order valence-corrected chi connectivity index (χ0v) is 22.8. The van der Waals surface area contributed by atoms with E-state index in [-0.39, 0.29) is 12.2 Å². The van der Waals surface area contributed by atoms with Gasteiger partial charge in [-0.05, 0) is 27.7 Å². The van der Waals surface area contributed by atoms with E-state index in [2.05, 4.69) is 10.4 Å². The van der Waals surface area contributed by atoms with Gasteiger partial charge >= 0.3 is 18.4 Å². The number of amides is 2. The Labute approximate surface area is 220 Å². The molecule has 1 aromatic heterocycles. The highest BCUT2D eigenvalue weighted by Crippen LogP contribution is 2.57. The van der Waals surface area contributed by atoms with Crippen LogP contribution in [-0.2, 0) is 32.9 Å². The highest BCUT2D eigenvalue weighted by Gasteiger charge is 2.54. The Bertz CT molecular complexity index is 1230. The SMILES string of the molecule is CC(C)OC(=O)[C@@H](C)N[P@@](=O)(OC[C@H]1OC(n2ccc(=O)[nH]c2=O)[C@](C)(O)[C@@H]1O)SCC1CC(=O)NC1=O. The van der Waals surface area contributed by atoms with E-state index in [1.807, 2.05) is 4.98 Å². The van der Waals surface area contributed by atoms with Crippen molar-refractivity contribution in [3.63, 3.8) is 0 Å². The minimum absolute atomic E-state index is 0.0883. The molecule has 0 saturated carbocycles. The molecular formula is C21H31N4O11PS. The fraction of sp³-hybridized carbons (Fsp3) is 0.667. The van der Waals surface area contributed by atoms with Gasteiger partial charge in [0.05, 0.1) is 18.6 Å². The third-order valence-corrected chi connectivity index (χ3v) is 10.0. The van der Waals surface area contributed by atoms with E-state index in [0.717, 1.165) is 16.8 Å². The molecule has 0 spiro atoms. The van der Waals surface area contributed by atoms with Crippen molar-refractivity contribution in [2.24, 2.45) is 5.92 Å². The first-order chi connectivity index (χ1) is 17.6. The zero-order valence-electron chi connectivity index (χ0n) is 21.1. The summed E-state index contributed by atoms with van der Waals surface area (Å²) in [6.45, 7) is 1.31. The maximum Gasteiger partial charge on any atom is 0.330 e. The second-order valence-corrected chi connectivity index (χ2v) is 13.8. The Balaban J connectivity index is 1.76. The molecule has 0 radical (unpaired) electrons. The molecule has 5 N–H and O–H groups in total. The van der Waals surface area contributed by atoms with Gasteiger partial charge in [-0.15, -0.1) is 0 Å². The first-order valence-electron chi connectivity index (χ1n) is 11.7. The minimum atomic E-state index is -4.01. The summed E-state index contributed by atoms with van der Waals surface area (Å²) in [5, 5.41) is 26.3. The summed E-state index contributed by atoms with van der Waals surface area (Å²) >= 11 is 0.684. The van der Waals surface area contributed by atoms with Gasteiger partial charge in [-0.1, -0.05) is 11.4 Å². The van der Waals surface area contributed by atoms with E-state index in [9.17, 15) is 38.8 Å². The number of nitrogens with one attached hydrogen (secondary N) is 3. The summed E-state index contributed by atoms with van der Waals surface area (Å²) in [5.74, 6) is -2.56. The van der Waals surface area contributed by atoms with E-state index in [1.165, 1.54) is 13.8 Å². The number of carbonyl (C=O) groups is 3. The number of carbonyl (C=O) groups excluding carboxylic acids is 3. The number of rotatable bonds is 11. The van der Waals surface area contributed by atoms with Crippen LogP contribution in [0.15, 0.2) is 21.9 Å². The molecule has 7 atom stereocenters. The number of hydrogen-bond donors (Lipinski definition) is 5. The molecule has 1 aromatic rings. The number of hydrogen-bond acceptors (Lipinski definition) is 12. The lowest BCUT2D eigenvalue weighted by molar-refractivity contribution is -0.149. The number of aliphatic hydroxyl groups is 2. The molecule has 0 aromatic carbocycles. The zero-order chi connectivity index (χ0) is 28.4. The second kappa shape index (κ2) is 11.8. The second-order valence-electron chi connectivity index (χ2n) is 9.45. The molecule has 2 fully saturated rings. The average molecular weight is 579 g/mol. The van der Waals surface area contributed by atoms with Crippen molar-refractivity contribution >= 4 is 35.9 Å². The molecule has 38 heavy (non-hydrogen) atoms. The summed E-state index contributed by atoms with van der Waals surface area (Å²) in [5.41, 5.74) is -3.57. The maximum absolute atomic E-state index is 13.7. The Morgan fingerprint density at radius 2 is 2.03 bits per heavy atom. The smallest absolute Gasteiger partial charge is 0.330 e. The molecular weight excluding hydrogens is 547 g/mol. The number of aliphatic hydroxyl groups excluding tert-OH is 1. The minimum Gasteiger partial charge on any atom is -0.462 e. The topological polar surface area (TPSA) is 215 Å². The van der Waals surface area contributed by atoms with Crippen LogP contribution in [0, 0.1) is 5.92 Å². The maximum atomic E-state index is 13.7. The fourth-order valence-corrected chi connectivity index (χ4v) is 7.85. The van der Waals surface area contributed by atoms with Gasteiger partial charge in [-0.3, -0.25) is 38.6 Å². The van der Waals surface area contributed by atoms with Gasteiger partial charge < -0.3 is 24.2 Å². The predicted molar refractivity (Wildman–Crippen MR) is 133 cm³/mol. The third kappa shape index (κ3) is 7.00. The van der Waals surface area contributed by atoms with Crippen LogP contribution in [0.2, 0.25) is 0 Å². The van der Waals surface area contributed by atoms with Gasteiger partial charge in [0.15, 0.2) is 6.23 Å². The average Bonchev–Trinajstić information content (AvgIpc) is 3.25. The molecule has 17 heteroatoms. The Morgan fingerprint density at radius 1 is 1.34 bits per heavy atom. The van der Waals surface area contributed by atoms with Crippen LogP contribution in [0.5, 0.6) is 0 Å². The van der Waals surface area contributed by atoms with Crippen molar-refractivity contribution in [2.45, 2.75) is 70.3 Å². The lowest BCUT2D eigenvalue weighted by Gasteiger charge is -2.27. The number of aromatic nitrogens is 2. The molecule has 0 bridgehead atoms. The molecule has 2 saturated heterocycles. The van der Waals surface area contributed by atoms with E-state index in [1.54, 1.807) is 13.8 Å². The van der Waals surface area contributed by atoms with Crippen molar-refractivity contribution in [1.29, 1.82) is 0 Å². The van der Waals surface area contributed by atoms with Gasteiger partial charge in [-0.2, -0.15) is 0 Å². The van der Waals surface area contributed by atoms with Crippen LogP contribution in [0.4, 0.5) is 0 Å². The number of aromatic amines is 1. The molecule has 2 aliphatic rings. The highest BCUT2D eigenvalue weighted by molar-refractivity contribution is 8.56. The van der Waals surface area contributed by atoms with E-state index < -0.39 is 84.5 Å². The van der Waals surface area contributed by atoms with Gasteiger partial charge in [0.2, 0.25) is 11.8 Å². The summed E-state index contributed by atoms with van der Waals surface area (Å²) < 4.78 is 31.0. The number of ether oxygens (including phenoxy) is 2. The van der Waals surface area contributed by atoms with Crippen LogP contribution in [0.3, 0.4) is 0 Å². The Morgan fingerprint density at radius 3 is 2.61 bits per heavy atom. The lowest BCUT2D eigenvalue weighted by Crippen LogP contribution is -2.47. The van der Waals surface area contributed by atoms with Crippen molar-refractivity contribution in [2.75, 3.05) is 12.4 Å². The van der Waals surface area contributed by atoms with Crippen molar-refractivity contribution in [3.05, 3.63) is 33.1 Å². The molecule has 3 rings (SSSR count). The first kappa shape index (κ1) is 30.2. The summed E-state index contributed by atoms with van der Waals surface area (Å²) in [6.07, 6.45) is -3.78. The summed E-state index contributed by atoms with van der Waals surface area (Å²) in [4.78, 5) is 61.4. The largest absolute Gasteiger partial charge is 0.462 e. The number of nitrogens with zero attached hydrogens (tertiary/aromatic N) is 1. The molecule has 2 aliphatic heterocycles. The molecule has 15 nitrogen and oxygen atoms in total. The van der Waals surface area contributed by atoms with Crippen LogP contribution in [0.1, 0.15) is 40.3 Å². The van der Waals surface area contributed by atoms with Crippen LogP contribution >= 0.6 is 18.1 Å². The van der Waals surface area contributed by atoms with Gasteiger partial charge in [0.1, 0.15) is 23.9 Å². The van der Waals surface area contributed by atoms with Crippen LogP contribution in [0.25, 0.3) is 0 Å². The fourth-order valence-electron chi connectivity index (χ4n) is 3.83. The lowest BCUT2D eigenvalue weighted by atomic mass is 9.96. The molecule has 2 amide bonds. The first-order valence-corrected chi connectivity index (χ1v) is 14.9. The van der Waals surface area contributed by atoms with Crippen molar-refractivity contribution in [3.8, 4) is 0 Å². The predicted octanol–water partition coefficient (Wildman–Crippen LogP) is -1.00. The quantitative estimate of drug-likeness (QED) is 0.121. The van der Waals surface area contributed by atoms with Gasteiger partial charge in [0.25, 0.3) is 5.56 Å². The Kier molecular flexibility index (Phi) is 9.40. The highest BCUT2D eigenvalue weighted by atomic mass is 32.7. The molecule has 2 unspecified atom stereocenters. The number of esters is 1. The summed E-state index contributed by atoms with van der Waals surface area (Å²) in [6, 6.07) is -0.0624. The third-order valence-electron chi connectivity index (χ3n) is 5.84. The molecule has 0 aliphatic carbocycles. The number of H-pyrrole nitrogens is 1. The van der Waals surface area contributed by atoms with Gasteiger partial charge in [0, 0.05) is 24.4 Å².